The van der Waals surface area contributed by atoms with Gasteiger partial charge in [0.25, 0.3) is 5.91 Å². The zero-order chi connectivity index (χ0) is 13.1. The van der Waals surface area contributed by atoms with Gasteiger partial charge in [0.2, 0.25) is 0 Å². The summed E-state index contributed by atoms with van der Waals surface area (Å²) in [4.78, 5) is 28.2. The third-order valence-electron chi connectivity index (χ3n) is 2.71. The summed E-state index contributed by atoms with van der Waals surface area (Å²) in [6.07, 6.45) is 2.35. The molecule has 1 aliphatic heterocycles. The third kappa shape index (κ3) is 2.77. The van der Waals surface area contributed by atoms with Gasteiger partial charge in [-0.3, -0.25) is 10.1 Å². The number of thiazole rings is 1. The maximum Gasteiger partial charge on any atom is 0.322 e. The Kier molecular flexibility index (Phi) is 3.78. The highest BCUT2D eigenvalue weighted by atomic mass is 32.1. The summed E-state index contributed by atoms with van der Waals surface area (Å²) in [6, 6.07) is -0.214. The summed E-state index contributed by atoms with van der Waals surface area (Å²) in [5, 5.41) is 3.37. The molecule has 0 aliphatic carbocycles. The van der Waals surface area contributed by atoms with E-state index < -0.39 is 5.91 Å². The van der Waals surface area contributed by atoms with Crippen LogP contribution in [0.5, 0.6) is 0 Å². The number of hydrogen-bond acceptors (Lipinski definition) is 5. The molecule has 2 heterocycles. The standard InChI is InChI=1S/C10H14N4O3S/c1-17-6-2-3-14(5-6)10(16)13-7-4-12-9(18-7)8(11)15/h4,6H,2-3,5H2,1H3,(H2,11,15)(H,13,16)/t6-/m1/s1. The number of carbonyl (C=O) groups excluding carboxylic acids is 2. The Hall–Kier alpha value is -1.67. The highest BCUT2D eigenvalue weighted by molar-refractivity contribution is 7.17. The summed E-state index contributed by atoms with van der Waals surface area (Å²) in [6.45, 7) is 1.23. The molecule has 0 aromatic carbocycles. The van der Waals surface area contributed by atoms with E-state index in [1.807, 2.05) is 0 Å². The number of hydrogen-bond donors (Lipinski definition) is 2. The van der Waals surface area contributed by atoms with Gasteiger partial charge in [-0.05, 0) is 6.42 Å². The normalized spacial score (nSPS) is 18.9. The second-order valence-electron chi connectivity index (χ2n) is 3.92. The van der Waals surface area contributed by atoms with Crippen molar-refractivity contribution in [2.75, 3.05) is 25.5 Å². The van der Waals surface area contributed by atoms with E-state index in [9.17, 15) is 9.59 Å². The highest BCUT2D eigenvalue weighted by Gasteiger charge is 2.26. The van der Waals surface area contributed by atoms with Crippen LogP contribution < -0.4 is 11.1 Å². The number of nitrogens with one attached hydrogen (secondary N) is 1. The number of anilines is 1. The Morgan fingerprint density at radius 3 is 3.00 bits per heavy atom. The van der Waals surface area contributed by atoms with Crippen molar-refractivity contribution in [1.29, 1.82) is 0 Å². The Balaban J connectivity index is 1.93. The molecule has 18 heavy (non-hydrogen) atoms. The Morgan fingerprint density at radius 2 is 2.44 bits per heavy atom. The predicted molar refractivity (Wildman–Crippen MR) is 66.6 cm³/mol. The van der Waals surface area contributed by atoms with Crippen LogP contribution in [0.3, 0.4) is 0 Å². The van der Waals surface area contributed by atoms with Gasteiger partial charge >= 0.3 is 6.03 Å². The number of urea groups is 1. The van der Waals surface area contributed by atoms with E-state index in [4.69, 9.17) is 10.5 Å². The highest BCUT2D eigenvalue weighted by Crippen LogP contribution is 2.20. The van der Waals surface area contributed by atoms with E-state index in [0.29, 0.717) is 18.1 Å². The maximum atomic E-state index is 11.9. The van der Waals surface area contributed by atoms with Crippen LogP contribution in [0, 0.1) is 0 Å². The lowest BCUT2D eigenvalue weighted by atomic mass is 10.3. The minimum atomic E-state index is -0.596. The zero-order valence-electron chi connectivity index (χ0n) is 9.88. The molecule has 2 rings (SSSR count). The minimum Gasteiger partial charge on any atom is -0.380 e. The van der Waals surface area contributed by atoms with Crippen molar-refractivity contribution in [2.45, 2.75) is 12.5 Å². The van der Waals surface area contributed by atoms with E-state index in [1.54, 1.807) is 12.0 Å². The summed E-state index contributed by atoms with van der Waals surface area (Å²) < 4.78 is 5.18. The first-order valence-corrected chi connectivity index (χ1v) is 6.26. The SMILES string of the molecule is CO[C@@H]1CCN(C(=O)Nc2cnc(C(N)=O)s2)C1. The lowest BCUT2D eigenvalue weighted by molar-refractivity contribution is 0.1000. The molecule has 3 amide bonds. The number of primary amides is 1. The number of nitrogens with two attached hydrogens (primary N) is 1. The van der Waals surface area contributed by atoms with Gasteiger partial charge in [0, 0.05) is 20.2 Å². The van der Waals surface area contributed by atoms with E-state index in [0.717, 1.165) is 17.8 Å². The van der Waals surface area contributed by atoms with Gasteiger partial charge in [-0.15, -0.1) is 0 Å². The van der Waals surface area contributed by atoms with Gasteiger partial charge in [-0.2, -0.15) is 0 Å². The van der Waals surface area contributed by atoms with Gasteiger partial charge in [-0.1, -0.05) is 11.3 Å². The monoisotopic (exact) mass is 270 g/mol. The van der Waals surface area contributed by atoms with Crippen molar-refractivity contribution in [2.24, 2.45) is 5.73 Å². The Labute approximate surface area is 108 Å². The smallest absolute Gasteiger partial charge is 0.322 e. The lowest BCUT2D eigenvalue weighted by Gasteiger charge is -2.15. The van der Waals surface area contributed by atoms with Crippen LogP contribution in [0.2, 0.25) is 0 Å². The van der Waals surface area contributed by atoms with Crippen LogP contribution in [0.4, 0.5) is 9.80 Å². The van der Waals surface area contributed by atoms with Crippen LogP contribution in [0.25, 0.3) is 0 Å². The third-order valence-corrected chi connectivity index (χ3v) is 3.64. The maximum absolute atomic E-state index is 11.9. The first-order valence-electron chi connectivity index (χ1n) is 5.44. The fourth-order valence-electron chi connectivity index (χ4n) is 1.74. The second-order valence-corrected chi connectivity index (χ2v) is 4.95. The Bertz CT molecular complexity index is 462. The average Bonchev–Trinajstić information content (AvgIpc) is 2.96. The molecular formula is C10H14N4O3S. The molecule has 0 saturated carbocycles. The molecule has 98 valence electrons. The molecule has 0 bridgehead atoms. The van der Waals surface area contributed by atoms with Crippen LogP contribution in [0.15, 0.2) is 6.20 Å². The van der Waals surface area contributed by atoms with E-state index in [-0.39, 0.29) is 17.1 Å². The fraction of sp³-hybridized carbons (Fsp3) is 0.500. The first kappa shape index (κ1) is 12.8. The average molecular weight is 270 g/mol. The predicted octanol–water partition coefficient (Wildman–Crippen LogP) is 0.495. The molecule has 0 unspecified atom stereocenters. The molecule has 0 spiro atoms. The lowest BCUT2D eigenvalue weighted by Crippen LogP contribution is -2.33. The number of aromatic nitrogens is 1. The van der Waals surface area contributed by atoms with Crippen molar-refractivity contribution in [3.05, 3.63) is 11.2 Å². The number of amides is 3. The first-order chi connectivity index (χ1) is 8.60. The molecule has 1 fully saturated rings. The molecular weight excluding hydrogens is 256 g/mol. The Morgan fingerprint density at radius 1 is 1.67 bits per heavy atom. The number of rotatable bonds is 3. The van der Waals surface area contributed by atoms with E-state index in [2.05, 4.69) is 10.3 Å². The van der Waals surface area contributed by atoms with Crippen molar-refractivity contribution in [3.8, 4) is 0 Å². The molecule has 0 radical (unpaired) electrons. The number of ether oxygens (including phenoxy) is 1. The van der Waals surface area contributed by atoms with Crippen molar-refractivity contribution in [1.82, 2.24) is 9.88 Å². The van der Waals surface area contributed by atoms with Crippen LogP contribution in [-0.2, 0) is 4.74 Å². The van der Waals surface area contributed by atoms with Crippen LogP contribution in [-0.4, -0.2) is 48.1 Å². The van der Waals surface area contributed by atoms with Crippen molar-refractivity contribution >= 4 is 28.3 Å². The largest absolute Gasteiger partial charge is 0.380 e. The van der Waals surface area contributed by atoms with Gasteiger partial charge in [-0.25, -0.2) is 9.78 Å². The van der Waals surface area contributed by atoms with Crippen molar-refractivity contribution < 1.29 is 14.3 Å². The molecule has 1 aromatic heterocycles. The minimum absolute atomic E-state index is 0.0957. The van der Waals surface area contributed by atoms with E-state index in [1.165, 1.54) is 6.20 Å². The molecule has 1 aliphatic rings. The molecule has 1 atom stereocenters. The zero-order valence-corrected chi connectivity index (χ0v) is 10.7. The van der Waals surface area contributed by atoms with Crippen LogP contribution in [0.1, 0.15) is 16.2 Å². The van der Waals surface area contributed by atoms with Crippen molar-refractivity contribution in [3.63, 3.8) is 0 Å². The van der Waals surface area contributed by atoms with Gasteiger partial charge in [0.15, 0.2) is 5.01 Å². The number of methoxy groups -OCH3 is 1. The van der Waals surface area contributed by atoms with E-state index >= 15 is 0 Å². The molecule has 7 nitrogen and oxygen atoms in total. The topological polar surface area (TPSA) is 97.6 Å². The summed E-state index contributed by atoms with van der Waals surface area (Å²) >= 11 is 1.06. The summed E-state index contributed by atoms with van der Waals surface area (Å²) in [5.41, 5.74) is 5.09. The van der Waals surface area contributed by atoms with Gasteiger partial charge in [0.1, 0.15) is 5.00 Å². The quantitative estimate of drug-likeness (QED) is 0.835. The molecule has 1 aromatic rings. The summed E-state index contributed by atoms with van der Waals surface area (Å²) in [7, 11) is 1.63. The van der Waals surface area contributed by atoms with Gasteiger partial charge in [0.05, 0.1) is 12.3 Å². The number of nitrogens with zero attached hydrogens (tertiary/aromatic N) is 2. The second kappa shape index (κ2) is 5.32. The molecule has 3 N–H and O–H groups in total. The molecule has 1 saturated heterocycles. The molecule has 8 heteroatoms. The number of carbonyl (C=O) groups is 2. The van der Waals surface area contributed by atoms with Gasteiger partial charge < -0.3 is 15.4 Å². The summed E-state index contributed by atoms with van der Waals surface area (Å²) in [5.74, 6) is -0.596. The van der Waals surface area contributed by atoms with Crippen LogP contribution >= 0.6 is 11.3 Å². The number of likely N-dealkylation sites (tertiary alicyclic amines) is 1. The fourth-order valence-corrected chi connectivity index (χ4v) is 2.39.